The van der Waals surface area contributed by atoms with E-state index in [0.29, 0.717) is 18.5 Å². The highest BCUT2D eigenvalue weighted by Crippen LogP contribution is 2.33. The number of halogens is 2. The molecule has 3 aromatic rings. The smallest absolute Gasteiger partial charge is 0.227 e. The van der Waals surface area contributed by atoms with Crippen LogP contribution in [0.5, 0.6) is 0 Å². The first-order chi connectivity index (χ1) is 12.6. The molecule has 1 aliphatic rings. The van der Waals surface area contributed by atoms with Crippen molar-refractivity contribution >= 4 is 16.7 Å². The van der Waals surface area contributed by atoms with Gasteiger partial charge >= 0.3 is 0 Å². The highest BCUT2D eigenvalue weighted by Gasteiger charge is 2.30. The Labute approximate surface area is 150 Å². The molecule has 1 fully saturated rings. The maximum absolute atomic E-state index is 13.6. The maximum atomic E-state index is 13.6. The first-order valence-corrected chi connectivity index (χ1v) is 8.69. The van der Waals surface area contributed by atoms with Gasteiger partial charge in [-0.3, -0.25) is 9.78 Å². The third-order valence-electron chi connectivity index (χ3n) is 4.94. The minimum Gasteiger partial charge on any atom is -0.335 e. The molecule has 3 nitrogen and oxygen atoms in total. The summed E-state index contributed by atoms with van der Waals surface area (Å²) in [5.41, 5.74) is 1.38. The van der Waals surface area contributed by atoms with Crippen molar-refractivity contribution in [2.45, 2.75) is 25.3 Å². The molecule has 1 unspecified atom stereocenters. The minimum absolute atomic E-state index is 0.0460. The second kappa shape index (κ2) is 6.83. The summed E-state index contributed by atoms with van der Waals surface area (Å²) in [7, 11) is 0. The predicted octanol–water partition coefficient (Wildman–Crippen LogP) is 4.42. The molecule has 0 saturated carbocycles. The van der Waals surface area contributed by atoms with Crippen LogP contribution in [0.4, 0.5) is 8.78 Å². The summed E-state index contributed by atoms with van der Waals surface area (Å²) in [6.07, 6.45) is 5.25. The zero-order valence-electron chi connectivity index (χ0n) is 14.2. The van der Waals surface area contributed by atoms with Crippen LogP contribution >= 0.6 is 0 Å². The van der Waals surface area contributed by atoms with Crippen LogP contribution in [0.3, 0.4) is 0 Å². The molecular formula is C21H18F2N2O. The van der Waals surface area contributed by atoms with E-state index in [2.05, 4.69) is 4.98 Å². The Morgan fingerprint density at radius 2 is 1.88 bits per heavy atom. The summed E-state index contributed by atoms with van der Waals surface area (Å²) in [6, 6.07) is 11.0. The van der Waals surface area contributed by atoms with Crippen LogP contribution in [-0.2, 0) is 11.2 Å². The van der Waals surface area contributed by atoms with Crippen molar-refractivity contribution in [1.82, 2.24) is 9.88 Å². The monoisotopic (exact) mass is 352 g/mol. The van der Waals surface area contributed by atoms with Crippen LogP contribution in [-0.4, -0.2) is 22.3 Å². The fraction of sp³-hybridized carbons (Fsp3) is 0.238. The lowest BCUT2D eigenvalue weighted by Crippen LogP contribution is -2.32. The molecule has 1 aliphatic heterocycles. The lowest BCUT2D eigenvalue weighted by atomic mass is 10.0. The Kier molecular flexibility index (Phi) is 4.37. The van der Waals surface area contributed by atoms with E-state index in [1.54, 1.807) is 17.3 Å². The van der Waals surface area contributed by atoms with E-state index in [1.165, 1.54) is 12.1 Å². The second-order valence-corrected chi connectivity index (χ2v) is 6.64. The topological polar surface area (TPSA) is 33.2 Å². The number of fused-ring (bicyclic) bond motifs is 1. The predicted molar refractivity (Wildman–Crippen MR) is 95.5 cm³/mol. The zero-order valence-corrected chi connectivity index (χ0v) is 14.2. The van der Waals surface area contributed by atoms with Crippen LogP contribution in [0.15, 0.2) is 54.9 Å². The number of nitrogens with zero attached hydrogens (tertiary/aromatic N) is 2. The molecule has 132 valence electrons. The van der Waals surface area contributed by atoms with Gasteiger partial charge in [0.2, 0.25) is 5.91 Å². The molecule has 4 rings (SSSR count). The van der Waals surface area contributed by atoms with Crippen LogP contribution in [0.1, 0.15) is 30.0 Å². The molecule has 0 bridgehead atoms. The number of carbonyl (C=O) groups is 1. The van der Waals surface area contributed by atoms with Gasteiger partial charge in [-0.05, 0) is 41.5 Å². The van der Waals surface area contributed by atoms with Gasteiger partial charge in [0.1, 0.15) is 11.6 Å². The highest BCUT2D eigenvalue weighted by atomic mass is 19.1. The van der Waals surface area contributed by atoms with Crippen LogP contribution < -0.4 is 0 Å². The molecule has 0 radical (unpaired) electrons. The van der Waals surface area contributed by atoms with Crippen LogP contribution in [0.25, 0.3) is 10.8 Å². The normalized spacial score (nSPS) is 17.0. The van der Waals surface area contributed by atoms with Crippen molar-refractivity contribution < 1.29 is 13.6 Å². The largest absolute Gasteiger partial charge is 0.335 e. The van der Waals surface area contributed by atoms with E-state index in [4.69, 9.17) is 0 Å². The molecule has 26 heavy (non-hydrogen) atoms. The van der Waals surface area contributed by atoms with Crippen molar-refractivity contribution in [1.29, 1.82) is 0 Å². The zero-order chi connectivity index (χ0) is 18.1. The Hall–Kier alpha value is -2.82. The van der Waals surface area contributed by atoms with Crippen molar-refractivity contribution in [2.75, 3.05) is 6.54 Å². The number of benzene rings is 2. The summed E-state index contributed by atoms with van der Waals surface area (Å²) in [4.78, 5) is 18.9. The van der Waals surface area contributed by atoms with E-state index >= 15 is 0 Å². The lowest BCUT2D eigenvalue weighted by Gasteiger charge is -2.25. The number of likely N-dealkylation sites (tertiary alicyclic amines) is 1. The molecule has 0 aliphatic carbocycles. The number of aromatic nitrogens is 1. The Bertz CT molecular complexity index is 948. The molecule has 2 heterocycles. The van der Waals surface area contributed by atoms with Gasteiger partial charge in [0, 0.05) is 30.4 Å². The van der Waals surface area contributed by atoms with Crippen LogP contribution in [0, 0.1) is 11.6 Å². The van der Waals surface area contributed by atoms with Gasteiger partial charge in [0.05, 0.1) is 12.5 Å². The fourth-order valence-corrected chi connectivity index (χ4v) is 3.76. The van der Waals surface area contributed by atoms with Gasteiger partial charge in [-0.1, -0.05) is 24.3 Å². The van der Waals surface area contributed by atoms with Crippen LogP contribution in [0.2, 0.25) is 0 Å². The quantitative estimate of drug-likeness (QED) is 0.699. The van der Waals surface area contributed by atoms with Gasteiger partial charge < -0.3 is 4.90 Å². The van der Waals surface area contributed by atoms with Crippen molar-refractivity contribution in [3.8, 4) is 0 Å². The van der Waals surface area contributed by atoms with Gasteiger partial charge in [0.15, 0.2) is 0 Å². The van der Waals surface area contributed by atoms with E-state index < -0.39 is 11.6 Å². The third kappa shape index (κ3) is 3.17. The number of pyridine rings is 1. The average Bonchev–Trinajstić information content (AvgIpc) is 3.11. The molecule has 1 saturated heterocycles. The summed E-state index contributed by atoms with van der Waals surface area (Å²) >= 11 is 0. The van der Waals surface area contributed by atoms with E-state index in [1.807, 2.05) is 24.3 Å². The summed E-state index contributed by atoms with van der Waals surface area (Å²) in [6.45, 7) is 0.597. The number of hydrogen-bond acceptors (Lipinski definition) is 2. The summed E-state index contributed by atoms with van der Waals surface area (Å²) in [5.74, 6) is -1.27. The SMILES string of the molecule is O=C(Cc1cncc2ccccc12)N1CCCC1c1cc(F)cc(F)c1. The second-order valence-electron chi connectivity index (χ2n) is 6.64. The minimum atomic E-state index is -0.613. The molecule has 1 aromatic heterocycles. The molecule has 1 atom stereocenters. The Balaban J connectivity index is 1.60. The first kappa shape index (κ1) is 16.6. The Morgan fingerprint density at radius 1 is 1.12 bits per heavy atom. The highest BCUT2D eigenvalue weighted by molar-refractivity contribution is 5.89. The molecule has 2 aromatic carbocycles. The van der Waals surface area contributed by atoms with Crippen molar-refractivity contribution in [3.63, 3.8) is 0 Å². The standard InChI is InChI=1S/C21H18F2N2O/c22-17-8-15(9-18(23)11-17)20-6-3-7-25(20)21(26)10-16-13-24-12-14-4-1-2-5-19(14)16/h1-2,4-5,8-9,11-13,20H,3,6-7,10H2. The van der Waals surface area contributed by atoms with Gasteiger partial charge in [-0.25, -0.2) is 8.78 Å². The number of amides is 1. The number of hydrogen-bond donors (Lipinski definition) is 0. The van der Waals surface area contributed by atoms with Gasteiger partial charge in [0.25, 0.3) is 0 Å². The van der Waals surface area contributed by atoms with Crippen molar-refractivity contribution in [3.05, 3.63) is 77.6 Å². The van der Waals surface area contributed by atoms with E-state index in [9.17, 15) is 13.6 Å². The molecule has 5 heteroatoms. The molecular weight excluding hydrogens is 334 g/mol. The van der Waals surface area contributed by atoms with E-state index in [0.717, 1.165) is 28.8 Å². The van der Waals surface area contributed by atoms with Gasteiger partial charge in [-0.2, -0.15) is 0 Å². The van der Waals surface area contributed by atoms with Crippen molar-refractivity contribution in [2.24, 2.45) is 0 Å². The average molecular weight is 352 g/mol. The van der Waals surface area contributed by atoms with Gasteiger partial charge in [-0.15, -0.1) is 0 Å². The molecule has 0 N–H and O–H groups in total. The first-order valence-electron chi connectivity index (χ1n) is 8.69. The Morgan fingerprint density at radius 3 is 2.69 bits per heavy atom. The third-order valence-corrected chi connectivity index (χ3v) is 4.94. The maximum Gasteiger partial charge on any atom is 0.227 e. The molecule has 0 spiro atoms. The number of rotatable bonds is 3. The fourth-order valence-electron chi connectivity index (χ4n) is 3.76. The lowest BCUT2D eigenvalue weighted by molar-refractivity contribution is -0.131. The number of carbonyl (C=O) groups excluding carboxylic acids is 1. The summed E-state index contributed by atoms with van der Waals surface area (Å²) in [5, 5.41) is 1.99. The molecule has 1 amide bonds. The summed E-state index contributed by atoms with van der Waals surface area (Å²) < 4.78 is 27.2. The van der Waals surface area contributed by atoms with E-state index in [-0.39, 0.29) is 18.4 Å².